The molecular weight excluding hydrogens is 378 g/mol. The largest absolute Gasteiger partial charge is 0.383 e. The maximum Gasteiger partial charge on any atom is 0.264 e. The SMILES string of the molecule is CC(C)CC(O)C(=O)N1CCN(c2nccc(-c3ccccc3C(F)F)n2)CC1. The molecule has 1 saturated heterocycles. The molecule has 0 spiro atoms. The Balaban J connectivity index is 1.70. The Labute approximate surface area is 169 Å². The summed E-state index contributed by atoms with van der Waals surface area (Å²) in [6.07, 6.45) is -1.57. The number of amides is 1. The van der Waals surface area contributed by atoms with E-state index in [1.807, 2.05) is 18.7 Å². The molecule has 2 heterocycles. The molecule has 1 unspecified atom stereocenters. The predicted molar refractivity (Wildman–Crippen MR) is 107 cm³/mol. The first-order valence-corrected chi connectivity index (χ1v) is 9.79. The molecule has 156 valence electrons. The summed E-state index contributed by atoms with van der Waals surface area (Å²) in [7, 11) is 0. The van der Waals surface area contributed by atoms with Gasteiger partial charge in [-0.25, -0.2) is 18.7 Å². The van der Waals surface area contributed by atoms with Crippen LogP contribution in [0.5, 0.6) is 0 Å². The van der Waals surface area contributed by atoms with Crippen molar-refractivity contribution in [1.82, 2.24) is 14.9 Å². The summed E-state index contributed by atoms with van der Waals surface area (Å²) in [5.74, 6) is 0.433. The number of carbonyl (C=O) groups is 1. The lowest BCUT2D eigenvalue weighted by atomic mass is 10.0. The maximum atomic E-state index is 13.3. The molecule has 29 heavy (non-hydrogen) atoms. The van der Waals surface area contributed by atoms with Crippen LogP contribution in [0.3, 0.4) is 0 Å². The summed E-state index contributed by atoms with van der Waals surface area (Å²) in [4.78, 5) is 24.7. The molecule has 0 saturated carbocycles. The molecule has 6 nitrogen and oxygen atoms in total. The molecule has 8 heteroatoms. The zero-order valence-electron chi connectivity index (χ0n) is 16.6. The van der Waals surface area contributed by atoms with Crippen LogP contribution in [0.15, 0.2) is 36.5 Å². The molecule has 2 aromatic rings. The van der Waals surface area contributed by atoms with Crippen LogP contribution < -0.4 is 4.90 Å². The van der Waals surface area contributed by atoms with Gasteiger partial charge in [-0.05, 0) is 18.4 Å². The van der Waals surface area contributed by atoms with Gasteiger partial charge < -0.3 is 14.9 Å². The number of aromatic nitrogens is 2. The molecule has 3 rings (SSSR count). The second-order valence-electron chi connectivity index (χ2n) is 7.59. The number of aliphatic hydroxyl groups excluding tert-OH is 1. The fourth-order valence-corrected chi connectivity index (χ4v) is 3.46. The molecule has 1 aromatic heterocycles. The zero-order valence-corrected chi connectivity index (χ0v) is 16.6. The van der Waals surface area contributed by atoms with E-state index in [-0.39, 0.29) is 17.4 Å². The van der Waals surface area contributed by atoms with Crippen LogP contribution in [0.25, 0.3) is 11.3 Å². The Hall–Kier alpha value is -2.61. The van der Waals surface area contributed by atoms with Gasteiger partial charge in [0, 0.05) is 43.5 Å². The van der Waals surface area contributed by atoms with Crippen molar-refractivity contribution in [3.8, 4) is 11.3 Å². The van der Waals surface area contributed by atoms with E-state index in [1.54, 1.807) is 35.4 Å². The second-order valence-corrected chi connectivity index (χ2v) is 7.59. The van der Waals surface area contributed by atoms with E-state index in [2.05, 4.69) is 9.97 Å². The Morgan fingerprint density at radius 1 is 1.14 bits per heavy atom. The van der Waals surface area contributed by atoms with Crippen LogP contribution in [0, 0.1) is 5.92 Å². The number of hydrogen-bond acceptors (Lipinski definition) is 5. The lowest BCUT2D eigenvalue weighted by molar-refractivity contribution is -0.141. The van der Waals surface area contributed by atoms with Crippen molar-refractivity contribution in [2.75, 3.05) is 31.1 Å². The Bertz CT molecular complexity index is 839. The van der Waals surface area contributed by atoms with Crippen LogP contribution in [-0.4, -0.2) is 58.2 Å². The number of carbonyl (C=O) groups excluding carboxylic acids is 1. The first-order chi connectivity index (χ1) is 13.9. The van der Waals surface area contributed by atoms with E-state index in [0.29, 0.717) is 49.8 Å². The Kier molecular flexibility index (Phi) is 6.74. The van der Waals surface area contributed by atoms with E-state index in [4.69, 9.17) is 0 Å². The highest BCUT2D eigenvalue weighted by Gasteiger charge is 2.27. The second kappa shape index (κ2) is 9.26. The lowest BCUT2D eigenvalue weighted by Gasteiger charge is -2.35. The third-order valence-corrected chi connectivity index (χ3v) is 4.97. The number of anilines is 1. The highest BCUT2D eigenvalue weighted by Crippen LogP contribution is 2.30. The van der Waals surface area contributed by atoms with E-state index < -0.39 is 12.5 Å². The van der Waals surface area contributed by atoms with Gasteiger partial charge in [-0.2, -0.15) is 0 Å². The van der Waals surface area contributed by atoms with Gasteiger partial charge in [-0.1, -0.05) is 38.1 Å². The fourth-order valence-electron chi connectivity index (χ4n) is 3.46. The molecule has 0 aliphatic carbocycles. The number of alkyl halides is 2. The minimum absolute atomic E-state index is 0.0632. The van der Waals surface area contributed by atoms with Crippen molar-refractivity contribution in [2.45, 2.75) is 32.8 Å². The minimum Gasteiger partial charge on any atom is -0.383 e. The summed E-state index contributed by atoms with van der Waals surface area (Å²) < 4.78 is 26.6. The molecule has 1 amide bonds. The van der Waals surface area contributed by atoms with E-state index in [9.17, 15) is 18.7 Å². The molecule has 0 bridgehead atoms. The Morgan fingerprint density at radius 3 is 2.48 bits per heavy atom. The number of hydrogen-bond donors (Lipinski definition) is 1. The summed E-state index contributed by atoms with van der Waals surface area (Å²) in [6.45, 7) is 5.86. The number of aliphatic hydroxyl groups is 1. The normalized spacial score (nSPS) is 15.8. The molecule has 1 fully saturated rings. The van der Waals surface area contributed by atoms with Gasteiger partial charge in [0.25, 0.3) is 12.3 Å². The maximum absolute atomic E-state index is 13.3. The number of rotatable bonds is 6. The van der Waals surface area contributed by atoms with Crippen molar-refractivity contribution in [2.24, 2.45) is 5.92 Å². The lowest BCUT2D eigenvalue weighted by Crippen LogP contribution is -2.52. The van der Waals surface area contributed by atoms with Crippen LogP contribution >= 0.6 is 0 Å². The molecule has 0 radical (unpaired) electrons. The van der Waals surface area contributed by atoms with Gasteiger partial charge in [0.15, 0.2) is 0 Å². The average Bonchev–Trinajstić information content (AvgIpc) is 2.73. The zero-order chi connectivity index (χ0) is 21.0. The third kappa shape index (κ3) is 5.06. The average molecular weight is 404 g/mol. The highest BCUT2D eigenvalue weighted by atomic mass is 19.3. The molecule has 1 N–H and O–H groups in total. The first-order valence-electron chi connectivity index (χ1n) is 9.79. The van der Waals surface area contributed by atoms with Crippen LogP contribution in [0.2, 0.25) is 0 Å². The van der Waals surface area contributed by atoms with E-state index >= 15 is 0 Å². The molecular formula is C21H26F2N4O2. The summed E-state index contributed by atoms with van der Waals surface area (Å²) in [5.41, 5.74) is 0.764. The topological polar surface area (TPSA) is 69.6 Å². The number of benzene rings is 1. The van der Waals surface area contributed by atoms with Gasteiger partial charge in [0.2, 0.25) is 5.95 Å². The van der Waals surface area contributed by atoms with Gasteiger partial charge >= 0.3 is 0 Å². The predicted octanol–water partition coefficient (Wildman–Crippen LogP) is 3.14. The number of piperazine rings is 1. The van der Waals surface area contributed by atoms with Crippen LogP contribution in [0.4, 0.5) is 14.7 Å². The molecule has 1 atom stereocenters. The summed E-state index contributed by atoms with van der Waals surface area (Å²) in [6, 6.07) is 7.93. The quantitative estimate of drug-likeness (QED) is 0.801. The van der Waals surface area contributed by atoms with E-state index in [0.717, 1.165) is 0 Å². The smallest absolute Gasteiger partial charge is 0.264 e. The standard InChI is InChI=1S/C21H26F2N4O2/c1-14(2)13-18(28)20(29)26-9-11-27(12-10-26)21-24-8-7-17(25-21)15-5-3-4-6-16(15)19(22)23/h3-8,14,18-19,28H,9-13H2,1-2H3. The summed E-state index contributed by atoms with van der Waals surface area (Å²) >= 11 is 0. The highest BCUT2D eigenvalue weighted by molar-refractivity contribution is 5.81. The van der Waals surface area contributed by atoms with Gasteiger partial charge in [0.1, 0.15) is 6.10 Å². The first kappa shape index (κ1) is 21.1. The van der Waals surface area contributed by atoms with Gasteiger partial charge in [-0.3, -0.25) is 4.79 Å². The number of nitrogens with zero attached hydrogens (tertiary/aromatic N) is 4. The number of halogens is 2. The monoisotopic (exact) mass is 404 g/mol. The Morgan fingerprint density at radius 2 is 1.83 bits per heavy atom. The van der Waals surface area contributed by atoms with Gasteiger partial charge in [-0.15, -0.1) is 0 Å². The molecule has 1 aliphatic rings. The minimum atomic E-state index is -2.59. The van der Waals surface area contributed by atoms with Crippen LogP contribution in [0.1, 0.15) is 32.3 Å². The van der Waals surface area contributed by atoms with Crippen molar-refractivity contribution < 1.29 is 18.7 Å². The van der Waals surface area contributed by atoms with Crippen molar-refractivity contribution in [1.29, 1.82) is 0 Å². The summed E-state index contributed by atoms with van der Waals surface area (Å²) in [5, 5.41) is 10.1. The van der Waals surface area contributed by atoms with Crippen molar-refractivity contribution >= 4 is 11.9 Å². The van der Waals surface area contributed by atoms with Gasteiger partial charge in [0.05, 0.1) is 5.69 Å². The molecule has 1 aliphatic heterocycles. The van der Waals surface area contributed by atoms with Crippen molar-refractivity contribution in [3.63, 3.8) is 0 Å². The molecule has 1 aromatic carbocycles. The van der Waals surface area contributed by atoms with Crippen molar-refractivity contribution in [3.05, 3.63) is 42.1 Å². The fraction of sp³-hybridized carbons (Fsp3) is 0.476. The van der Waals surface area contributed by atoms with E-state index in [1.165, 1.54) is 6.07 Å². The third-order valence-electron chi connectivity index (χ3n) is 4.97. The van der Waals surface area contributed by atoms with Crippen LogP contribution in [-0.2, 0) is 4.79 Å².